The highest BCUT2D eigenvalue weighted by Gasteiger charge is 2.26. The van der Waals surface area contributed by atoms with Crippen molar-refractivity contribution in [1.82, 2.24) is 4.90 Å². The van der Waals surface area contributed by atoms with Crippen LogP contribution in [0.2, 0.25) is 0 Å². The molecule has 0 aromatic rings. The van der Waals surface area contributed by atoms with E-state index >= 15 is 0 Å². The van der Waals surface area contributed by atoms with E-state index in [4.69, 9.17) is 4.99 Å². The minimum absolute atomic E-state index is 0.0868. The average Bonchev–Trinajstić information content (AvgIpc) is 2.63. The van der Waals surface area contributed by atoms with Crippen LogP contribution in [0.25, 0.3) is 0 Å². The Morgan fingerprint density at radius 1 is 1.55 bits per heavy atom. The summed E-state index contributed by atoms with van der Waals surface area (Å²) in [4.78, 5) is 24.5. The molecule has 0 aromatic heterocycles. The maximum atomic E-state index is 12.4. The molecule has 0 bridgehead atoms. The van der Waals surface area contributed by atoms with E-state index in [0.29, 0.717) is 13.1 Å². The number of rotatable bonds is 4. The zero-order valence-electron chi connectivity index (χ0n) is 13.3. The molecule has 4 nitrogen and oxygen atoms in total. The summed E-state index contributed by atoms with van der Waals surface area (Å²) in [6, 6.07) is 0. The number of carbonyl (C=O) groups excluding carboxylic acids is 1. The Hall–Kier alpha value is -1.62. The summed E-state index contributed by atoms with van der Waals surface area (Å²) in [5.41, 5.74) is 0.823. The Morgan fingerprint density at radius 2 is 2.36 bits per heavy atom. The number of hydrogen-bond donors (Lipinski definition) is 0. The first-order valence-electron chi connectivity index (χ1n) is 7.70. The molecule has 1 aliphatic heterocycles. The van der Waals surface area contributed by atoms with E-state index < -0.39 is 0 Å². The SMILES string of the molecule is C=CC/N=C(CCC)\N=C1/CN(C)C(=O)C2=C(CCC=C2)S1. The number of hydrogen-bond acceptors (Lipinski definition) is 3. The summed E-state index contributed by atoms with van der Waals surface area (Å²) < 4.78 is 0. The lowest BCUT2D eigenvalue weighted by atomic mass is 10.1. The van der Waals surface area contributed by atoms with E-state index in [1.165, 1.54) is 0 Å². The van der Waals surface area contributed by atoms with Gasteiger partial charge >= 0.3 is 0 Å². The van der Waals surface area contributed by atoms with Gasteiger partial charge in [0, 0.05) is 23.9 Å². The lowest BCUT2D eigenvalue weighted by molar-refractivity contribution is -0.124. The molecule has 0 radical (unpaired) electrons. The summed E-state index contributed by atoms with van der Waals surface area (Å²) in [5.74, 6) is 0.935. The first-order chi connectivity index (χ1) is 10.7. The molecule has 1 aliphatic carbocycles. The van der Waals surface area contributed by atoms with Gasteiger partial charge in [-0.3, -0.25) is 9.79 Å². The Morgan fingerprint density at radius 3 is 3.09 bits per heavy atom. The normalized spacial score (nSPS) is 21.2. The molecule has 0 aromatic carbocycles. The lowest BCUT2D eigenvalue weighted by Crippen LogP contribution is -2.30. The van der Waals surface area contributed by atoms with Gasteiger partial charge in [0.1, 0.15) is 5.84 Å². The fourth-order valence-electron chi connectivity index (χ4n) is 2.36. The van der Waals surface area contributed by atoms with Crippen molar-refractivity contribution in [2.45, 2.75) is 32.6 Å². The van der Waals surface area contributed by atoms with Gasteiger partial charge in [-0.1, -0.05) is 36.9 Å². The second-order valence-corrected chi connectivity index (χ2v) is 6.51. The van der Waals surface area contributed by atoms with Crippen LogP contribution in [0.5, 0.6) is 0 Å². The molecule has 0 N–H and O–H groups in total. The van der Waals surface area contributed by atoms with Crippen LogP contribution in [0.4, 0.5) is 0 Å². The minimum atomic E-state index is 0.0868. The monoisotopic (exact) mass is 317 g/mol. The molecular weight excluding hydrogens is 294 g/mol. The van der Waals surface area contributed by atoms with Gasteiger partial charge in [0.25, 0.3) is 5.91 Å². The highest BCUT2D eigenvalue weighted by Crippen LogP contribution is 2.33. The fraction of sp³-hybridized carbons (Fsp3) is 0.471. The molecule has 5 heteroatoms. The van der Waals surface area contributed by atoms with Crippen LogP contribution in [0.1, 0.15) is 32.6 Å². The fourth-order valence-corrected chi connectivity index (χ4v) is 3.54. The number of likely N-dealkylation sites (N-methyl/N-ethyl adjacent to an activating group) is 1. The van der Waals surface area contributed by atoms with Crippen molar-refractivity contribution < 1.29 is 4.79 Å². The van der Waals surface area contributed by atoms with Crippen LogP contribution in [0.15, 0.2) is 45.3 Å². The molecule has 1 heterocycles. The van der Waals surface area contributed by atoms with Crippen molar-refractivity contribution in [2.24, 2.45) is 9.98 Å². The van der Waals surface area contributed by atoms with E-state index in [0.717, 1.165) is 47.0 Å². The van der Waals surface area contributed by atoms with Gasteiger partial charge < -0.3 is 4.90 Å². The first kappa shape index (κ1) is 16.7. The van der Waals surface area contributed by atoms with Crippen LogP contribution in [-0.4, -0.2) is 41.8 Å². The molecule has 0 unspecified atom stereocenters. The number of allylic oxidation sites excluding steroid dienone is 2. The maximum absolute atomic E-state index is 12.4. The Labute approximate surface area is 136 Å². The molecule has 0 atom stereocenters. The van der Waals surface area contributed by atoms with Gasteiger partial charge in [0.05, 0.1) is 18.1 Å². The molecular formula is C17H23N3OS. The summed E-state index contributed by atoms with van der Waals surface area (Å²) in [6.45, 7) is 6.95. The first-order valence-corrected chi connectivity index (χ1v) is 8.52. The molecule has 2 aliphatic rings. The highest BCUT2D eigenvalue weighted by molar-refractivity contribution is 8.17. The van der Waals surface area contributed by atoms with Crippen molar-refractivity contribution in [2.75, 3.05) is 20.1 Å². The Bertz CT molecular complexity index is 572. The number of thioether (sulfide) groups is 1. The van der Waals surface area contributed by atoms with Crippen LogP contribution >= 0.6 is 11.8 Å². The summed E-state index contributed by atoms with van der Waals surface area (Å²) >= 11 is 1.64. The van der Waals surface area contributed by atoms with Crippen molar-refractivity contribution in [3.8, 4) is 0 Å². The van der Waals surface area contributed by atoms with Crippen molar-refractivity contribution in [3.05, 3.63) is 35.3 Å². The maximum Gasteiger partial charge on any atom is 0.254 e. The van der Waals surface area contributed by atoms with E-state index in [1.807, 2.05) is 13.1 Å². The molecule has 0 saturated heterocycles. The second kappa shape index (κ2) is 8.13. The zero-order chi connectivity index (χ0) is 15.9. The van der Waals surface area contributed by atoms with E-state index in [9.17, 15) is 4.79 Å². The quantitative estimate of drug-likeness (QED) is 0.452. The second-order valence-electron chi connectivity index (χ2n) is 5.34. The Kier molecular flexibility index (Phi) is 6.19. The molecule has 0 saturated carbocycles. The summed E-state index contributed by atoms with van der Waals surface area (Å²) in [6.07, 6.45) is 9.56. The average molecular weight is 317 g/mol. The van der Waals surface area contributed by atoms with Gasteiger partial charge in [0.2, 0.25) is 0 Å². The molecule has 2 rings (SSSR count). The predicted molar refractivity (Wildman–Crippen MR) is 95.5 cm³/mol. The van der Waals surface area contributed by atoms with Gasteiger partial charge in [0.15, 0.2) is 0 Å². The molecule has 0 fully saturated rings. The number of amides is 1. The smallest absolute Gasteiger partial charge is 0.254 e. The van der Waals surface area contributed by atoms with E-state index in [-0.39, 0.29) is 5.91 Å². The van der Waals surface area contributed by atoms with E-state index in [1.54, 1.807) is 22.7 Å². The van der Waals surface area contributed by atoms with E-state index in [2.05, 4.69) is 24.6 Å². The lowest BCUT2D eigenvalue weighted by Gasteiger charge is -2.15. The van der Waals surface area contributed by atoms with Crippen LogP contribution < -0.4 is 0 Å². The standard InChI is InChI=1S/C17H23N3OS/c1-4-8-15(18-11-5-2)19-16-12-20(3)17(21)13-9-6-7-10-14(13)22-16/h5-6,9H,2,4,7-8,10-12H2,1,3H3/b18-15-,19-16+. The third kappa shape index (κ3) is 4.19. The summed E-state index contributed by atoms with van der Waals surface area (Å²) in [5, 5.41) is 0.951. The van der Waals surface area contributed by atoms with Crippen LogP contribution in [0.3, 0.4) is 0 Å². The van der Waals surface area contributed by atoms with Gasteiger partial charge in [-0.2, -0.15) is 0 Å². The zero-order valence-corrected chi connectivity index (χ0v) is 14.2. The number of amidine groups is 1. The van der Waals surface area contributed by atoms with Crippen LogP contribution in [-0.2, 0) is 4.79 Å². The topological polar surface area (TPSA) is 45.0 Å². The van der Waals surface area contributed by atoms with Gasteiger partial charge in [-0.15, -0.1) is 6.58 Å². The van der Waals surface area contributed by atoms with Crippen molar-refractivity contribution >= 4 is 28.5 Å². The minimum Gasteiger partial charge on any atom is -0.335 e. The molecule has 22 heavy (non-hydrogen) atoms. The van der Waals surface area contributed by atoms with Gasteiger partial charge in [-0.25, -0.2) is 4.99 Å². The van der Waals surface area contributed by atoms with Crippen LogP contribution in [0, 0.1) is 0 Å². The van der Waals surface area contributed by atoms with Gasteiger partial charge in [-0.05, 0) is 19.3 Å². The third-order valence-electron chi connectivity index (χ3n) is 3.44. The highest BCUT2D eigenvalue weighted by atomic mass is 32.2. The summed E-state index contributed by atoms with van der Waals surface area (Å²) in [7, 11) is 1.83. The number of carbonyl (C=O) groups is 1. The predicted octanol–water partition coefficient (Wildman–Crippen LogP) is 3.58. The van der Waals surface area contributed by atoms with Crippen molar-refractivity contribution in [1.29, 1.82) is 0 Å². The molecule has 118 valence electrons. The number of nitrogens with zero attached hydrogens (tertiary/aromatic N) is 3. The third-order valence-corrected chi connectivity index (χ3v) is 4.57. The molecule has 0 spiro atoms. The molecule has 1 amide bonds. The Balaban J connectivity index is 2.29. The van der Waals surface area contributed by atoms with Crippen molar-refractivity contribution in [3.63, 3.8) is 0 Å². The largest absolute Gasteiger partial charge is 0.335 e. The number of aliphatic imine (C=N–C) groups is 2.